The van der Waals surface area contributed by atoms with Crippen LogP contribution < -0.4 is 10.3 Å². The fraction of sp³-hybridized carbons (Fsp3) is 0.0909. The summed E-state index contributed by atoms with van der Waals surface area (Å²) in [5.74, 6) is 0.551. The Morgan fingerprint density at radius 3 is 2.69 bits per heavy atom. The van der Waals surface area contributed by atoms with Gasteiger partial charge in [-0.1, -0.05) is 36.4 Å². The number of hydrogen-bond acceptors (Lipinski definition) is 4. The summed E-state index contributed by atoms with van der Waals surface area (Å²) in [6, 6.07) is 13.3. The van der Waals surface area contributed by atoms with Gasteiger partial charge < -0.3 is 10.3 Å². The monoisotopic (exact) mass is 237 g/mol. The third kappa shape index (κ3) is 2.42. The fourth-order valence-corrected chi connectivity index (χ4v) is 2.02. The second-order valence-corrected chi connectivity index (χ2v) is 4.13. The number of nitrogens with two attached hydrogens (primary N) is 1. The lowest BCUT2D eigenvalue weighted by atomic mass is 10.1. The second-order valence-electron chi connectivity index (χ2n) is 3.14. The summed E-state index contributed by atoms with van der Waals surface area (Å²) >= 11 is 0. The molecule has 0 radical (unpaired) electrons. The molecule has 2 aromatic rings. The van der Waals surface area contributed by atoms with Gasteiger partial charge in [-0.15, -0.1) is 0 Å². The van der Waals surface area contributed by atoms with Gasteiger partial charge in [-0.2, -0.15) is 0 Å². The molecule has 2 N–H and O–H groups in total. The van der Waals surface area contributed by atoms with E-state index in [-0.39, 0.29) is 6.73 Å². The molecule has 2 rings (SSSR count). The summed E-state index contributed by atoms with van der Waals surface area (Å²) in [6.07, 6.45) is 0. The Hall–Kier alpha value is -1.35. The van der Waals surface area contributed by atoms with E-state index in [2.05, 4.69) is 0 Å². The summed E-state index contributed by atoms with van der Waals surface area (Å²) in [7, 11) is -2.56. The van der Waals surface area contributed by atoms with E-state index in [1.807, 2.05) is 36.4 Å². The minimum absolute atomic E-state index is 0.109. The fourth-order valence-electron chi connectivity index (χ4n) is 1.47. The molecule has 0 spiro atoms. The SMILES string of the molecule is NCO[PH](=O)Oc1cccc2ccccc12. The number of fused-ring (bicyclic) bond motifs is 1. The predicted molar refractivity (Wildman–Crippen MR) is 63.7 cm³/mol. The molecule has 0 aliphatic heterocycles. The Morgan fingerprint density at radius 2 is 1.88 bits per heavy atom. The van der Waals surface area contributed by atoms with Crippen molar-refractivity contribution < 1.29 is 13.6 Å². The van der Waals surface area contributed by atoms with E-state index in [0.717, 1.165) is 10.8 Å². The molecule has 4 nitrogen and oxygen atoms in total. The lowest BCUT2D eigenvalue weighted by Crippen LogP contribution is -2.00. The zero-order chi connectivity index (χ0) is 11.4. The predicted octanol–water partition coefficient (Wildman–Crippen LogP) is 2.54. The lowest BCUT2D eigenvalue weighted by Gasteiger charge is -2.08. The third-order valence-electron chi connectivity index (χ3n) is 2.14. The van der Waals surface area contributed by atoms with Crippen LogP contribution in [0, 0.1) is 0 Å². The maximum absolute atomic E-state index is 11.3. The highest BCUT2D eigenvalue weighted by Gasteiger charge is 2.04. The highest BCUT2D eigenvalue weighted by molar-refractivity contribution is 7.33. The molecule has 0 bridgehead atoms. The molecule has 84 valence electrons. The molecule has 0 aliphatic carbocycles. The molecule has 0 heterocycles. The summed E-state index contributed by atoms with van der Waals surface area (Å²) < 4.78 is 21.2. The first-order chi connectivity index (χ1) is 7.81. The summed E-state index contributed by atoms with van der Waals surface area (Å²) in [5.41, 5.74) is 5.12. The molecule has 0 amide bonds. The van der Waals surface area contributed by atoms with E-state index >= 15 is 0 Å². The zero-order valence-corrected chi connectivity index (χ0v) is 9.55. The normalized spacial score (nSPS) is 12.6. The molecule has 2 aromatic carbocycles. The minimum Gasteiger partial charge on any atom is -0.426 e. The maximum Gasteiger partial charge on any atom is 0.369 e. The largest absolute Gasteiger partial charge is 0.426 e. The molecular formula is C11H12NO3P. The molecule has 0 saturated heterocycles. The molecule has 0 aromatic heterocycles. The molecule has 1 atom stereocenters. The van der Waals surface area contributed by atoms with Crippen molar-refractivity contribution in [2.45, 2.75) is 0 Å². The van der Waals surface area contributed by atoms with Crippen LogP contribution in [0.1, 0.15) is 0 Å². The van der Waals surface area contributed by atoms with Crippen molar-refractivity contribution in [3.63, 3.8) is 0 Å². The van der Waals surface area contributed by atoms with Gasteiger partial charge in [0, 0.05) is 5.39 Å². The maximum atomic E-state index is 11.3. The highest BCUT2D eigenvalue weighted by Crippen LogP contribution is 2.33. The Bertz CT molecular complexity index is 510. The van der Waals surface area contributed by atoms with Crippen molar-refractivity contribution in [2.75, 3.05) is 6.73 Å². The van der Waals surface area contributed by atoms with E-state index < -0.39 is 8.25 Å². The van der Waals surface area contributed by atoms with Gasteiger partial charge in [-0.25, -0.2) is 4.57 Å². The summed E-state index contributed by atoms with van der Waals surface area (Å²) in [6.45, 7) is -0.109. The quantitative estimate of drug-likeness (QED) is 0.655. The topological polar surface area (TPSA) is 61.5 Å². The minimum atomic E-state index is -2.56. The van der Waals surface area contributed by atoms with Gasteiger partial charge in [0.1, 0.15) is 12.5 Å². The van der Waals surface area contributed by atoms with Gasteiger partial charge in [0.25, 0.3) is 0 Å². The lowest BCUT2D eigenvalue weighted by molar-refractivity contribution is 0.295. The van der Waals surface area contributed by atoms with Gasteiger partial charge in [0.2, 0.25) is 0 Å². The molecule has 0 saturated carbocycles. The van der Waals surface area contributed by atoms with Crippen molar-refractivity contribution in [1.82, 2.24) is 0 Å². The van der Waals surface area contributed by atoms with Gasteiger partial charge in [-0.05, 0) is 11.5 Å². The zero-order valence-electron chi connectivity index (χ0n) is 8.55. The first kappa shape index (κ1) is 11.1. The third-order valence-corrected chi connectivity index (χ3v) is 2.93. The summed E-state index contributed by atoms with van der Waals surface area (Å²) in [5, 5.41) is 1.94. The molecule has 0 aliphatic rings. The molecule has 16 heavy (non-hydrogen) atoms. The standard InChI is InChI=1S/C11H12NO3P/c12-8-14-16(13)15-11-7-3-5-9-4-1-2-6-10(9)11/h1-7,16H,8,12H2. The first-order valence-electron chi connectivity index (χ1n) is 4.83. The van der Waals surface area contributed by atoms with Crippen molar-refractivity contribution in [3.8, 4) is 5.75 Å². The van der Waals surface area contributed by atoms with Gasteiger partial charge in [0.15, 0.2) is 0 Å². The molecule has 1 unspecified atom stereocenters. The smallest absolute Gasteiger partial charge is 0.369 e. The average molecular weight is 237 g/mol. The first-order valence-corrected chi connectivity index (χ1v) is 6.06. The van der Waals surface area contributed by atoms with Crippen LogP contribution in [0.25, 0.3) is 10.8 Å². The van der Waals surface area contributed by atoms with Gasteiger partial charge in [0.05, 0.1) is 0 Å². The van der Waals surface area contributed by atoms with Gasteiger partial charge >= 0.3 is 8.25 Å². The van der Waals surface area contributed by atoms with E-state index in [4.69, 9.17) is 14.8 Å². The van der Waals surface area contributed by atoms with Crippen LogP contribution in [0.5, 0.6) is 5.75 Å². The van der Waals surface area contributed by atoms with Crippen molar-refractivity contribution in [2.24, 2.45) is 5.73 Å². The van der Waals surface area contributed by atoms with Crippen LogP contribution in [-0.4, -0.2) is 6.73 Å². The van der Waals surface area contributed by atoms with E-state index in [9.17, 15) is 4.57 Å². The second kappa shape index (κ2) is 5.12. The van der Waals surface area contributed by atoms with Gasteiger partial charge in [-0.3, -0.25) is 4.52 Å². The van der Waals surface area contributed by atoms with Crippen molar-refractivity contribution >= 4 is 19.0 Å². The van der Waals surface area contributed by atoms with E-state index in [0.29, 0.717) is 5.75 Å². The highest BCUT2D eigenvalue weighted by atomic mass is 31.1. The average Bonchev–Trinajstić information content (AvgIpc) is 2.30. The van der Waals surface area contributed by atoms with E-state index in [1.54, 1.807) is 6.07 Å². The number of benzene rings is 2. The van der Waals surface area contributed by atoms with Crippen LogP contribution in [-0.2, 0) is 9.09 Å². The van der Waals surface area contributed by atoms with Crippen LogP contribution in [0.2, 0.25) is 0 Å². The molecule has 0 fully saturated rings. The Labute approximate surface area is 93.9 Å². The molecular weight excluding hydrogens is 225 g/mol. The van der Waals surface area contributed by atoms with Crippen molar-refractivity contribution in [1.29, 1.82) is 0 Å². The van der Waals surface area contributed by atoms with Crippen molar-refractivity contribution in [3.05, 3.63) is 42.5 Å². The summed E-state index contributed by atoms with van der Waals surface area (Å²) in [4.78, 5) is 0. The van der Waals surface area contributed by atoms with Crippen LogP contribution in [0.15, 0.2) is 42.5 Å². The molecule has 5 heteroatoms. The number of rotatable bonds is 4. The Morgan fingerprint density at radius 1 is 1.12 bits per heavy atom. The van der Waals surface area contributed by atoms with Crippen LogP contribution in [0.4, 0.5) is 0 Å². The van der Waals surface area contributed by atoms with Crippen LogP contribution >= 0.6 is 8.25 Å². The Kier molecular flexibility index (Phi) is 3.57. The van der Waals surface area contributed by atoms with Crippen LogP contribution in [0.3, 0.4) is 0 Å². The number of hydrogen-bond donors (Lipinski definition) is 1. The van der Waals surface area contributed by atoms with E-state index in [1.165, 1.54) is 0 Å². The Balaban J connectivity index is 2.33.